The fourth-order valence-electron chi connectivity index (χ4n) is 1.47. The molecule has 0 bridgehead atoms. The Morgan fingerprint density at radius 2 is 1.63 bits per heavy atom. The molecule has 1 amide bonds. The zero-order valence-electron chi connectivity index (χ0n) is 12.0. The summed E-state index contributed by atoms with van der Waals surface area (Å²) in [6.07, 6.45) is -0.332. The van der Waals surface area contributed by atoms with E-state index in [1.165, 1.54) is 0 Å². The fraction of sp³-hybridized carbons (Fsp3) is 0.769. The van der Waals surface area contributed by atoms with E-state index < -0.39 is 17.8 Å². The van der Waals surface area contributed by atoms with Crippen LogP contribution in [0.5, 0.6) is 0 Å². The molecular formula is C13H23NO5. The van der Waals surface area contributed by atoms with Crippen LogP contribution in [-0.2, 0) is 23.9 Å². The second kappa shape index (κ2) is 9.35. The van der Waals surface area contributed by atoms with Gasteiger partial charge < -0.3 is 14.8 Å². The van der Waals surface area contributed by atoms with Crippen LogP contribution in [0.3, 0.4) is 0 Å². The van der Waals surface area contributed by atoms with E-state index in [2.05, 4.69) is 10.1 Å². The highest BCUT2D eigenvalue weighted by Crippen LogP contribution is 2.12. The number of hydrogen-bond acceptors (Lipinski definition) is 5. The number of esters is 2. The highest BCUT2D eigenvalue weighted by molar-refractivity contribution is 5.94. The molecule has 0 saturated heterocycles. The summed E-state index contributed by atoms with van der Waals surface area (Å²) in [5.74, 6) is -1.73. The summed E-state index contributed by atoms with van der Waals surface area (Å²) in [4.78, 5) is 34.2. The van der Waals surface area contributed by atoms with Gasteiger partial charge in [-0.05, 0) is 19.8 Å². The summed E-state index contributed by atoms with van der Waals surface area (Å²) in [5, 5.41) is 2.55. The molecule has 1 unspecified atom stereocenters. The van der Waals surface area contributed by atoms with E-state index in [-0.39, 0.29) is 31.5 Å². The lowest BCUT2D eigenvalue weighted by Crippen LogP contribution is -2.37. The summed E-state index contributed by atoms with van der Waals surface area (Å²) in [7, 11) is 0. The first kappa shape index (κ1) is 17.4. The molecule has 1 N–H and O–H groups in total. The number of rotatable bonds is 8. The van der Waals surface area contributed by atoms with Crippen molar-refractivity contribution in [1.29, 1.82) is 0 Å². The zero-order chi connectivity index (χ0) is 14.8. The van der Waals surface area contributed by atoms with E-state index >= 15 is 0 Å². The molecule has 6 nitrogen and oxygen atoms in total. The maximum atomic E-state index is 11.7. The maximum Gasteiger partial charge on any atom is 0.315 e. The molecule has 0 aromatic rings. The molecule has 0 aliphatic rings. The summed E-state index contributed by atoms with van der Waals surface area (Å²) in [6.45, 7) is 7.86. The Labute approximate surface area is 113 Å². The van der Waals surface area contributed by atoms with Gasteiger partial charge in [0.1, 0.15) is 6.42 Å². The number of hydrogen-bond donors (Lipinski definition) is 1. The molecule has 0 heterocycles. The van der Waals surface area contributed by atoms with Crippen molar-refractivity contribution in [2.75, 3.05) is 19.8 Å². The lowest BCUT2D eigenvalue weighted by Gasteiger charge is -2.19. The first-order valence-corrected chi connectivity index (χ1v) is 6.51. The van der Waals surface area contributed by atoms with E-state index in [1.807, 2.05) is 13.8 Å². The zero-order valence-corrected chi connectivity index (χ0v) is 12.0. The summed E-state index contributed by atoms with van der Waals surface area (Å²) in [6, 6.07) is 0. The lowest BCUT2D eigenvalue weighted by atomic mass is 9.96. The minimum atomic E-state index is -0.572. The van der Waals surface area contributed by atoms with Crippen molar-refractivity contribution in [3.63, 3.8) is 0 Å². The van der Waals surface area contributed by atoms with Crippen molar-refractivity contribution in [3.05, 3.63) is 0 Å². The van der Waals surface area contributed by atoms with E-state index in [4.69, 9.17) is 4.74 Å². The van der Waals surface area contributed by atoms with Crippen molar-refractivity contribution >= 4 is 17.8 Å². The quantitative estimate of drug-likeness (QED) is 0.524. The van der Waals surface area contributed by atoms with Crippen molar-refractivity contribution in [1.82, 2.24) is 5.32 Å². The molecule has 6 heteroatoms. The largest absolute Gasteiger partial charge is 0.466 e. The predicted molar refractivity (Wildman–Crippen MR) is 69.2 cm³/mol. The number of carbonyl (C=O) groups excluding carboxylic acids is 3. The molecule has 0 radical (unpaired) electrons. The van der Waals surface area contributed by atoms with Crippen LogP contribution in [0.2, 0.25) is 0 Å². The maximum absolute atomic E-state index is 11.7. The molecule has 19 heavy (non-hydrogen) atoms. The molecular weight excluding hydrogens is 250 g/mol. The van der Waals surface area contributed by atoms with E-state index in [9.17, 15) is 14.4 Å². The second-order valence-corrected chi connectivity index (χ2v) is 4.39. The second-order valence-electron chi connectivity index (χ2n) is 4.39. The Balaban J connectivity index is 4.21. The Hall–Kier alpha value is -1.59. The third-order valence-corrected chi connectivity index (χ3v) is 2.52. The van der Waals surface area contributed by atoms with Gasteiger partial charge in [-0.1, -0.05) is 13.8 Å². The van der Waals surface area contributed by atoms with Crippen LogP contribution in [0.4, 0.5) is 0 Å². The van der Waals surface area contributed by atoms with Crippen molar-refractivity contribution in [3.8, 4) is 0 Å². The van der Waals surface area contributed by atoms with Crippen LogP contribution in [0, 0.1) is 11.8 Å². The molecule has 110 valence electrons. The molecule has 0 aromatic carbocycles. The van der Waals surface area contributed by atoms with Gasteiger partial charge >= 0.3 is 11.9 Å². The van der Waals surface area contributed by atoms with Crippen LogP contribution in [0.25, 0.3) is 0 Å². The van der Waals surface area contributed by atoms with E-state index in [1.54, 1.807) is 13.8 Å². The van der Waals surface area contributed by atoms with Crippen LogP contribution in [0.15, 0.2) is 0 Å². The normalized spacial score (nSPS) is 11.8. The molecule has 0 aliphatic carbocycles. The molecule has 0 aromatic heterocycles. The number of amides is 1. The predicted octanol–water partition coefficient (Wildman–Crippen LogP) is 0.891. The Bertz CT molecular complexity index is 314. The highest BCUT2D eigenvalue weighted by atomic mass is 16.5. The van der Waals surface area contributed by atoms with Crippen LogP contribution in [0.1, 0.15) is 34.1 Å². The Kier molecular flexibility index (Phi) is 8.57. The molecule has 0 fully saturated rings. The van der Waals surface area contributed by atoms with E-state index in [0.717, 1.165) is 0 Å². The molecule has 0 rings (SSSR count). The van der Waals surface area contributed by atoms with Gasteiger partial charge in [-0.15, -0.1) is 0 Å². The van der Waals surface area contributed by atoms with Crippen LogP contribution < -0.4 is 5.32 Å². The van der Waals surface area contributed by atoms with Gasteiger partial charge in [0.2, 0.25) is 5.91 Å². The van der Waals surface area contributed by atoms with Gasteiger partial charge in [0.05, 0.1) is 19.1 Å². The third kappa shape index (κ3) is 7.43. The number of ether oxygens (including phenoxy) is 2. The molecule has 0 aliphatic heterocycles. The lowest BCUT2D eigenvalue weighted by molar-refractivity contribution is -0.149. The molecule has 0 saturated carbocycles. The van der Waals surface area contributed by atoms with Gasteiger partial charge in [-0.2, -0.15) is 0 Å². The molecule has 1 atom stereocenters. The Morgan fingerprint density at radius 1 is 1.05 bits per heavy atom. The minimum Gasteiger partial charge on any atom is -0.466 e. The summed E-state index contributed by atoms with van der Waals surface area (Å²) in [5.41, 5.74) is 0. The standard InChI is InChI=1S/C13H23NO5/c1-5-18-12(16)7-11(15)14-8-10(9(3)4)13(17)19-6-2/h9-10H,5-8H2,1-4H3,(H,14,15). The molecule has 0 spiro atoms. The summed E-state index contributed by atoms with van der Waals surface area (Å²) < 4.78 is 9.60. The SMILES string of the molecule is CCOC(=O)CC(=O)NCC(C(=O)OCC)C(C)C. The highest BCUT2D eigenvalue weighted by Gasteiger charge is 2.24. The monoisotopic (exact) mass is 273 g/mol. The topological polar surface area (TPSA) is 81.7 Å². The minimum absolute atomic E-state index is 0.0435. The van der Waals surface area contributed by atoms with Crippen LogP contribution >= 0.6 is 0 Å². The first-order valence-electron chi connectivity index (χ1n) is 6.51. The van der Waals surface area contributed by atoms with Crippen molar-refractivity contribution in [2.24, 2.45) is 11.8 Å². The number of nitrogens with one attached hydrogen (secondary N) is 1. The van der Waals surface area contributed by atoms with Gasteiger partial charge in [-0.3, -0.25) is 14.4 Å². The van der Waals surface area contributed by atoms with E-state index in [0.29, 0.717) is 6.61 Å². The van der Waals surface area contributed by atoms with Crippen molar-refractivity contribution < 1.29 is 23.9 Å². The van der Waals surface area contributed by atoms with Gasteiger partial charge in [0, 0.05) is 6.54 Å². The van der Waals surface area contributed by atoms with Crippen molar-refractivity contribution in [2.45, 2.75) is 34.1 Å². The van der Waals surface area contributed by atoms with Crippen LogP contribution in [-0.4, -0.2) is 37.6 Å². The summed E-state index contributed by atoms with van der Waals surface area (Å²) >= 11 is 0. The number of carbonyl (C=O) groups is 3. The first-order chi connectivity index (χ1) is 8.92. The Morgan fingerprint density at radius 3 is 2.11 bits per heavy atom. The average Bonchev–Trinajstić information content (AvgIpc) is 2.29. The van der Waals surface area contributed by atoms with Gasteiger partial charge in [0.25, 0.3) is 0 Å². The third-order valence-electron chi connectivity index (χ3n) is 2.52. The average molecular weight is 273 g/mol. The van der Waals surface area contributed by atoms with Gasteiger partial charge in [-0.25, -0.2) is 0 Å². The fourth-order valence-corrected chi connectivity index (χ4v) is 1.47. The smallest absolute Gasteiger partial charge is 0.315 e. The van der Waals surface area contributed by atoms with Gasteiger partial charge in [0.15, 0.2) is 0 Å².